The molecule has 12 atom stereocenters. The highest BCUT2D eigenvalue weighted by atomic mass is 16.7. The summed E-state index contributed by atoms with van der Waals surface area (Å²) in [6, 6.07) is -0.854. The van der Waals surface area contributed by atoms with Crippen molar-refractivity contribution in [2.24, 2.45) is 0 Å². The summed E-state index contributed by atoms with van der Waals surface area (Å²) in [6.45, 7) is 2.76. The van der Waals surface area contributed by atoms with Crippen LogP contribution in [0.25, 0.3) is 0 Å². The fraction of sp³-hybridized carbons (Fsp3) is 0.741. The van der Waals surface area contributed by atoms with Gasteiger partial charge in [-0.05, 0) is 89.9 Å². The van der Waals surface area contributed by atoms with Crippen molar-refractivity contribution < 1.29 is 64.6 Å². The summed E-state index contributed by atoms with van der Waals surface area (Å²) in [5, 5.41) is 87.8. The van der Waals surface area contributed by atoms with Gasteiger partial charge in [-0.3, -0.25) is 4.79 Å². The van der Waals surface area contributed by atoms with Crippen molar-refractivity contribution in [1.29, 1.82) is 0 Å². The van der Waals surface area contributed by atoms with E-state index in [0.29, 0.717) is 12.8 Å². The molecule has 2 rings (SSSR count). The molecule has 9 N–H and O–H groups in total. The summed E-state index contributed by atoms with van der Waals surface area (Å²) in [4.78, 5) is 13.4. The van der Waals surface area contributed by atoms with Crippen LogP contribution < -0.4 is 5.32 Å². The van der Waals surface area contributed by atoms with Crippen LogP contribution in [0.5, 0.6) is 0 Å². The molecular formula is C81H139NO13. The van der Waals surface area contributed by atoms with Gasteiger partial charge in [0.25, 0.3) is 0 Å². The van der Waals surface area contributed by atoms with E-state index in [1.807, 2.05) is 0 Å². The number of ether oxygens (including phenoxy) is 4. The summed E-state index contributed by atoms with van der Waals surface area (Å²) in [7, 11) is 0. The molecule has 12 unspecified atom stereocenters. The Bertz CT molecular complexity index is 2060. The predicted octanol–water partition coefficient (Wildman–Crippen LogP) is 16.8. The molecule has 0 bridgehead atoms. The molecule has 0 saturated carbocycles. The Morgan fingerprint density at radius 1 is 0.389 bits per heavy atom. The maximum atomic E-state index is 13.4. The van der Waals surface area contributed by atoms with Gasteiger partial charge in [0, 0.05) is 6.42 Å². The van der Waals surface area contributed by atoms with Crippen LogP contribution in [0.2, 0.25) is 0 Å². The number of allylic oxidation sites excluding steroid dienone is 20. The number of amides is 1. The van der Waals surface area contributed by atoms with Crippen molar-refractivity contribution in [2.75, 3.05) is 19.8 Å². The van der Waals surface area contributed by atoms with Crippen molar-refractivity contribution in [2.45, 2.75) is 364 Å². The molecule has 2 aliphatic rings. The van der Waals surface area contributed by atoms with Gasteiger partial charge in [0.05, 0.1) is 32.0 Å². The third-order valence-corrected chi connectivity index (χ3v) is 17.9. The molecule has 2 aliphatic heterocycles. The minimum atomic E-state index is -1.79. The first kappa shape index (κ1) is 87.5. The van der Waals surface area contributed by atoms with Gasteiger partial charge in [-0.1, -0.05) is 315 Å². The maximum absolute atomic E-state index is 13.4. The molecule has 2 heterocycles. The number of rotatable bonds is 62. The van der Waals surface area contributed by atoms with E-state index in [1.165, 1.54) is 141 Å². The van der Waals surface area contributed by atoms with Crippen molar-refractivity contribution in [3.63, 3.8) is 0 Å². The molecule has 0 aliphatic carbocycles. The minimum Gasteiger partial charge on any atom is -0.394 e. The first-order valence-electron chi connectivity index (χ1n) is 38.3. The average molecular weight is 1330 g/mol. The fourth-order valence-electron chi connectivity index (χ4n) is 11.9. The van der Waals surface area contributed by atoms with Gasteiger partial charge in [-0.15, -0.1) is 0 Å². The van der Waals surface area contributed by atoms with Gasteiger partial charge in [0.1, 0.15) is 48.8 Å². The van der Waals surface area contributed by atoms with Gasteiger partial charge in [0.15, 0.2) is 12.6 Å². The Labute approximate surface area is 578 Å². The summed E-state index contributed by atoms with van der Waals surface area (Å²) in [6.07, 6.45) is 76.4. The molecule has 95 heavy (non-hydrogen) atoms. The van der Waals surface area contributed by atoms with Gasteiger partial charge in [-0.2, -0.15) is 0 Å². The van der Waals surface area contributed by atoms with Gasteiger partial charge >= 0.3 is 0 Å². The van der Waals surface area contributed by atoms with E-state index in [1.54, 1.807) is 0 Å². The fourth-order valence-corrected chi connectivity index (χ4v) is 11.9. The molecule has 0 aromatic carbocycles. The third-order valence-electron chi connectivity index (χ3n) is 17.9. The molecule has 14 heteroatoms. The van der Waals surface area contributed by atoms with Crippen LogP contribution in [-0.4, -0.2) is 140 Å². The maximum Gasteiger partial charge on any atom is 0.220 e. The molecule has 0 spiro atoms. The molecule has 0 radical (unpaired) electrons. The largest absolute Gasteiger partial charge is 0.394 e. The lowest BCUT2D eigenvalue weighted by Crippen LogP contribution is -2.65. The molecule has 2 saturated heterocycles. The Balaban J connectivity index is 1.67. The molecule has 1 amide bonds. The molecule has 0 aromatic rings. The Kier molecular flexibility index (Phi) is 58.8. The second-order valence-corrected chi connectivity index (χ2v) is 26.4. The lowest BCUT2D eigenvalue weighted by Gasteiger charge is -2.46. The number of hydrogen-bond donors (Lipinski definition) is 9. The van der Waals surface area contributed by atoms with E-state index in [9.17, 15) is 45.6 Å². The molecular weight excluding hydrogens is 1190 g/mol. The first-order chi connectivity index (χ1) is 46.6. The second kappa shape index (κ2) is 63.8. The summed E-state index contributed by atoms with van der Waals surface area (Å²) >= 11 is 0. The highest BCUT2D eigenvalue weighted by Crippen LogP contribution is 2.30. The van der Waals surface area contributed by atoms with Crippen LogP contribution >= 0.6 is 0 Å². The number of aliphatic hydroxyl groups excluding tert-OH is 8. The van der Waals surface area contributed by atoms with Crippen molar-refractivity contribution >= 4 is 5.91 Å². The predicted molar refractivity (Wildman–Crippen MR) is 392 cm³/mol. The first-order valence-corrected chi connectivity index (χ1v) is 38.3. The number of hydrogen-bond acceptors (Lipinski definition) is 13. The highest BCUT2D eigenvalue weighted by Gasteiger charge is 2.51. The van der Waals surface area contributed by atoms with Crippen molar-refractivity contribution in [3.8, 4) is 0 Å². The molecule has 546 valence electrons. The average Bonchev–Trinajstić information content (AvgIpc) is 0.800. The van der Waals surface area contributed by atoms with Gasteiger partial charge < -0.3 is 65.1 Å². The smallest absolute Gasteiger partial charge is 0.220 e. The van der Waals surface area contributed by atoms with E-state index in [2.05, 4.69) is 141 Å². The zero-order chi connectivity index (χ0) is 68.7. The minimum absolute atomic E-state index is 0.233. The van der Waals surface area contributed by atoms with Crippen LogP contribution in [0, 0.1) is 0 Å². The van der Waals surface area contributed by atoms with E-state index in [4.69, 9.17) is 18.9 Å². The number of carbonyl (C=O) groups excluding carboxylic acids is 1. The van der Waals surface area contributed by atoms with Crippen LogP contribution in [0.4, 0.5) is 0 Å². The topological polar surface area (TPSA) is 228 Å². The molecule has 14 nitrogen and oxygen atoms in total. The molecule has 2 fully saturated rings. The standard InChI is InChI=1S/C81H139NO13/c1-3-5-7-9-11-13-15-17-19-21-23-25-27-29-31-32-33-34-35-36-37-38-39-41-43-45-47-49-51-53-55-57-59-61-63-65-73(86)82-69(68-92-80-78(91)76(89)79(72(67-84)94-80)95-81-77(90)75(88)74(87)71(66-83)93-81)70(85)64-62-60-58-56-54-52-50-48-46-44-42-40-30-28-26-24-22-20-18-16-14-12-10-8-6-4-2/h5,7,11,13,17,19,23,25,29,31,33-34,36-37,39,41,45,47,51,53,69-72,74-81,83-85,87-91H,3-4,6,8-10,12,14-16,18,20-22,24,26-28,30,32,35,38,40,42-44,46,48-50,52,54-68H2,1-2H3,(H,82,86)/b7-5-,13-11-,19-17-,25-23-,31-29-,34-33-,37-36-,41-39-,47-45-,53-51-. The zero-order valence-electron chi connectivity index (χ0n) is 59.6. The van der Waals surface area contributed by atoms with Crippen LogP contribution in [-0.2, 0) is 23.7 Å². The van der Waals surface area contributed by atoms with Crippen LogP contribution in [0.1, 0.15) is 290 Å². The second-order valence-electron chi connectivity index (χ2n) is 26.4. The van der Waals surface area contributed by atoms with Crippen molar-refractivity contribution in [1.82, 2.24) is 5.32 Å². The lowest BCUT2D eigenvalue weighted by atomic mass is 9.97. The quantitative estimate of drug-likeness (QED) is 0.0204. The Hall–Kier alpha value is -3.61. The number of carbonyl (C=O) groups is 1. The van der Waals surface area contributed by atoms with E-state index in [0.717, 1.165) is 116 Å². The van der Waals surface area contributed by atoms with E-state index in [-0.39, 0.29) is 18.9 Å². The summed E-state index contributed by atoms with van der Waals surface area (Å²) < 4.78 is 22.9. The highest BCUT2D eigenvalue weighted by molar-refractivity contribution is 5.76. The van der Waals surface area contributed by atoms with Crippen LogP contribution in [0.15, 0.2) is 122 Å². The zero-order valence-corrected chi connectivity index (χ0v) is 59.6. The summed E-state index contributed by atoms with van der Waals surface area (Å²) in [5.41, 5.74) is 0. The number of nitrogens with one attached hydrogen (secondary N) is 1. The van der Waals surface area contributed by atoms with Gasteiger partial charge in [-0.25, -0.2) is 0 Å². The SMILES string of the molecule is CC/C=C\C/C=C\C/C=C\C/C=C\C/C=C\C/C=C\C/C=C\C/C=C\C/C=C\C/C=C\CCCCCCC(=O)NC(COC1OC(CO)C(OC2OC(CO)C(O)C(O)C2O)C(O)C1O)C(O)CCCCCCCCCCCCCCCCCCCCCCCCCCCC. The van der Waals surface area contributed by atoms with E-state index >= 15 is 0 Å². The Morgan fingerprint density at radius 3 is 1.12 bits per heavy atom. The van der Waals surface area contributed by atoms with E-state index < -0.39 is 86.8 Å². The van der Waals surface area contributed by atoms with Crippen LogP contribution in [0.3, 0.4) is 0 Å². The summed E-state index contributed by atoms with van der Waals surface area (Å²) in [5.74, 6) is -0.233. The number of aliphatic hydroxyl groups is 8. The van der Waals surface area contributed by atoms with Gasteiger partial charge in [0.2, 0.25) is 5.91 Å². The monoisotopic (exact) mass is 1330 g/mol. The Morgan fingerprint density at radius 2 is 0.726 bits per heavy atom. The third kappa shape index (κ3) is 47.1. The molecule has 0 aromatic heterocycles. The number of unbranched alkanes of at least 4 members (excludes halogenated alkanes) is 29. The lowest BCUT2D eigenvalue weighted by molar-refractivity contribution is -0.359. The normalized spacial score (nSPS) is 23.1. The van der Waals surface area contributed by atoms with Crippen molar-refractivity contribution in [3.05, 3.63) is 122 Å².